The molecule has 99 heavy (non-hydrogen) atoms. The zero-order valence-electron chi connectivity index (χ0n) is 54.2. The molecule has 8 rings (SSSR count). The first kappa shape index (κ1) is 77.1. The van der Waals surface area contributed by atoms with Crippen LogP contribution in [0.2, 0.25) is 0 Å². The Bertz CT molecular complexity index is 3240. The molecule has 0 spiro atoms. The van der Waals surface area contributed by atoms with E-state index in [1.165, 1.54) is 24.3 Å². The third-order valence-corrected chi connectivity index (χ3v) is 17.7. The van der Waals surface area contributed by atoms with Crippen molar-refractivity contribution >= 4 is 53.6 Å². The summed E-state index contributed by atoms with van der Waals surface area (Å²) in [7, 11) is 3.84. The highest BCUT2D eigenvalue weighted by molar-refractivity contribution is 5.96. The van der Waals surface area contributed by atoms with Crippen LogP contribution in [0.4, 0.5) is 5.69 Å². The van der Waals surface area contributed by atoms with E-state index in [0.717, 1.165) is 16.2 Å². The molecule has 0 radical (unpaired) electrons. The van der Waals surface area contributed by atoms with E-state index in [1.807, 2.05) is 49.3 Å². The Morgan fingerprint density at radius 1 is 0.697 bits per heavy atom. The van der Waals surface area contributed by atoms with Crippen molar-refractivity contribution < 1.29 is 119 Å². The van der Waals surface area contributed by atoms with Crippen molar-refractivity contribution in [2.75, 3.05) is 65.1 Å². The molecule has 25 atom stereocenters. The molecule has 5 aliphatic heterocycles. The van der Waals surface area contributed by atoms with Crippen molar-refractivity contribution in [2.24, 2.45) is 27.2 Å². The molecule has 0 bridgehead atoms. The van der Waals surface area contributed by atoms with Crippen LogP contribution >= 0.6 is 0 Å². The van der Waals surface area contributed by atoms with Gasteiger partial charge < -0.3 is 153 Å². The van der Waals surface area contributed by atoms with Gasteiger partial charge in [0.15, 0.2) is 24.4 Å². The van der Waals surface area contributed by atoms with E-state index < -0.39 is 215 Å². The molecule has 546 valence electrons. The van der Waals surface area contributed by atoms with Gasteiger partial charge in [-0.05, 0) is 41.0 Å². The first-order valence-electron chi connectivity index (χ1n) is 31.8. The van der Waals surface area contributed by atoms with Gasteiger partial charge in [-0.3, -0.25) is 29.2 Å². The number of carbonyl (C=O) groups excluding carboxylic acids is 5. The minimum Gasteiger partial charge on any atom is -0.462 e. The largest absolute Gasteiger partial charge is 0.462 e. The van der Waals surface area contributed by atoms with Crippen LogP contribution in [0.15, 0.2) is 94.9 Å². The molecule has 3 aromatic rings. The van der Waals surface area contributed by atoms with Crippen LogP contribution in [0.1, 0.15) is 29.5 Å². The molecule has 3 aromatic carbocycles. The number of rotatable bonds is 31. The average molecular weight is 1400 g/mol. The van der Waals surface area contributed by atoms with E-state index >= 15 is 0 Å². The van der Waals surface area contributed by atoms with Crippen LogP contribution in [0.25, 0.3) is 6.08 Å². The highest BCUT2D eigenvalue weighted by atomic mass is 16.7. The highest BCUT2D eigenvalue weighted by Gasteiger charge is 2.54. The van der Waals surface area contributed by atoms with E-state index in [4.69, 9.17) is 45.6 Å². The lowest BCUT2D eigenvalue weighted by Crippen LogP contribution is -2.70. The van der Waals surface area contributed by atoms with Gasteiger partial charge in [0.2, 0.25) is 29.9 Å². The quantitative estimate of drug-likeness (QED) is 0.0210. The lowest BCUT2D eigenvalue weighted by molar-refractivity contribution is -0.353. The molecular weight excluding hydrogens is 1310 g/mol. The Balaban J connectivity index is 0.992. The zero-order chi connectivity index (χ0) is 72.1. The second-order valence-corrected chi connectivity index (χ2v) is 24.8. The van der Waals surface area contributed by atoms with Gasteiger partial charge >= 0.3 is 0 Å². The number of hydrogen-bond acceptors (Lipinski definition) is 32. The summed E-state index contributed by atoms with van der Waals surface area (Å²) in [5.41, 5.74) is 21.4. The van der Waals surface area contributed by atoms with Crippen LogP contribution in [0.3, 0.4) is 0 Å². The number of benzene rings is 3. The number of guanidine groups is 2. The molecule has 4 amide bonds. The van der Waals surface area contributed by atoms with E-state index in [1.54, 1.807) is 43.3 Å². The average Bonchev–Trinajstić information content (AvgIpc) is 1.76. The van der Waals surface area contributed by atoms with Crippen LogP contribution in [0.5, 0.6) is 5.75 Å². The third-order valence-electron chi connectivity index (χ3n) is 17.7. The van der Waals surface area contributed by atoms with Crippen LogP contribution < -0.4 is 53.4 Å². The Kier molecular flexibility index (Phi) is 27.3. The van der Waals surface area contributed by atoms with Crippen LogP contribution in [0, 0.1) is 0 Å². The number of aliphatic hydroxyl groups is 13. The van der Waals surface area contributed by atoms with Crippen LogP contribution in [-0.2, 0) is 54.1 Å². The summed E-state index contributed by atoms with van der Waals surface area (Å²) < 4.78 is 34.8. The van der Waals surface area contributed by atoms with Crippen molar-refractivity contribution in [3.63, 3.8) is 0 Å². The maximum Gasteiger partial charge on any atom is 0.246 e. The summed E-state index contributed by atoms with van der Waals surface area (Å²) in [6.45, 7) is -2.09. The van der Waals surface area contributed by atoms with Crippen molar-refractivity contribution in [3.8, 4) is 5.75 Å². The van der Waals surface area contributed by atoms with E-state index in [2.05, 4.69) is 36.6 Å². The van der Waals surface area contributed by atoms with E-state index in [0.29, 0.717) is 5.56 Å². The summed E-state index contributed by atoms with van der Waals surface area (Å²) in [5, 5.41) is 154. The number of nitrogens with two attached hydrogens (primary N) is 3. The van der Waals surface area contributed by atoms with Crippen molar-refractivity contribution in [2.45, 2.75) is 166 Å². The number of nitrogens with zero attached hydrogens (tertiary/aromatic N) is 4. The zero-order valence-corrected chi connectivity index (χ0v) is 54.2. The summed E-state index contributed by atoms with van der Waals surface area (Å²) in [6, 6.07) is 9.92. The molecule has 24 N–H and O–H groups in total. The van der Waals surface area contributed by atoms with Gasteiger partial charge in [-0.1, -0.05) is 73.7 Å². The fourth-order valence-electron chi connectivity index (χ4n) is 11.8. The minimum atomic E-state index is -2.26. The Morgan fingerprint density at radius 3 is 1.94 bits per heavy atom. The van der Waals surface area contributed by atoms with E-state index in [-0.39, 0.29) is 43.3 Å². The number of nitrogens with one attached hydrogen (secondary N) is 5. The number of ether oxygens (including phenoxy) is 6. The van der Waals surface area contributed by atoms with Crippen molar-refractivity contribution in [3.05, 3.63) is 102 Å². The lowest BCUT2D eigenvalue weighted by atomic mass is 9.93. The maximum absolute atomic E-state index is 15.0. The minimum absolute atomic E-state index is 0.0364. The number of aliphatic hydroxyl groups excluding tert-OH is 13. The molecule has 3 saturated heterocycles. The fraction of sp³-hybridized carbons (Fsp3) is 0.571. The predicted octanol–water partition coefficient (Wildman–Crippen LogP) is -9.90. The molecule has 5 aliphatic rings. The van der Waals surface area contributed by atoms with Gasteiger partial charge in [-0.25, -0.2) is 0 Å². The number of aliphatic imine (C=N–C) groups is 2. The summed E-state index contributed by atoms with van der Waals surface area (Å²) in [5.74, 6) is -6.16. The molecule has 5 heterocycles. The van der Waals surface area contributed by atoms with Gasteiger partial charge in [0.1, 0.15) is 122 Å². The molecule has 0 aromatic heterocycles. The van der Waals surface area contributed by atoms with Gasteiger partial charge in [0.25, 0.3) is 0 Å². The normalized spacial score (nSPS) is 31.0. The Hall–Kier alpha value is -7.67. The summed E-state index contributed by atoms with van der Waals surface area (Å²) in [6.07, 6.45) is -27.2. The van der Waals surface area contributed by atoms with Gasteiger partial charge in [0.05, 0.1) is 64.2 Å². The standard InChI is InChI=1S/C63H90N12O24/c1-28(31-9-5-4-6-10-31)41(64)56(91)70-35(20-30-13-17-34(18-14-30)95-60-53(89)50(86)54(39(26-79)97-60)99-61-52(88)49(85)47(83)40(98-61)27-94-19-7-8-29-11-15-33(16-12-29)74(2)3)55(90)72-42(44(80)36-21-67-62(65)71-36)58(93)73-43(57(92)69-32(23-76)24-77)45(81)37-22-68-63(66)75(37)59-51(87)48(84)46(82)38(25-78)96-59/h4-18,23,28,32,35-54,59-61,77-89H,19-22,24-27,64H2,1-3H3,(H2,66,68)(H,69,92)(H,70,91)(H,72,90)(H,73,93)(H3,65,67,71)/t28?,32-,35+,36?,37?,38?,39?,40?,41+,42+,43+,44?,45?,46?,47?,48?,49?,50?,51?,52?,53?,54?,59?,60?,61?/m1/s1. The highest BCUT2D eigenvalue weighted by Crippen LogP contribution is 2.33. The second kappa shape index (κ2) is 35.1. The number of amides is 4. The first-order chi connectivity index (χ1) is 47.2. The smallest absolute Gasteiger partial charge is 0.246 e. The summed E-state index contributed by atoms with van der Waals surface area (Å²) in [4.78, 5) is 81.2. The van der Waals surface area contributed by atoms with Crippen LogP contribution in [-0.4, -0.2) is 320 Å². The second-order valence-electron chi connectivity index (χ2n) is 24.8. The van der Waals surface area contributed by atoms with Gasteiger partial charge in [-0.2, -0.15) is 0 Å². The molecule has 3 fully saturated rings. The number of carbonyl (C=O) groups is 5. The fourth-order valence-corrected chi connectivity index (χ4v) is 11.8. The molecule has 0 aliphatic carbocycles. The topological polar surface area (TPSA) is 573 Å². The number of hydrogen-bond donors (Lipinski definition) is 21. The molecule has 36 heteroatoms. The monoisotopic (exact) mass is 1400 g/mol. The molecule has 0 saturated carbocycles. The lowest BCUT2D eigenvalue weighted by Gasteiger charge is -2.46. The summed E-state index contributed by atoms with van der Waals surface area (Å²) >= 11 is 0. The van der Waals surface area contributed by atoms with Gasteiger partial charge in [-0.15, -0.1) is 0 Å². The number of anilines is 1. The predicted molar refractivity (Wildman–Crippen MR) is 346 cm³/mol. The SMILES string of the molecule is CC(c1ccccc1)[C@H](N)C(=O)N[C@@H](Cc1ccc(OC2OC(CO)C(OC3OC(COCC=Cc4ccc(N(C)C)cc4)C(O)C(O)C3O)C(O)C2O)cc1)C(=O)N[C@H](C(=O)N[C@H](C(=O)N[C@H](C=O)CO)C(O)C1CN=C(N)N1C1OC(CO)C(O)C(O)C1O)C(O)C1CN=C(N)N1. The van der Waals surface area contributed by atoms with Crippen molar-refractivity contribution in [1.82, 2.24) is 31.5 Å². The van der Waals surface area contributed by atoms with Crippen molar-refractivity contribution in [1.29, 1.82) is 0 Å². The molecule has 20 unspecified atom stereocenters. The number of aldehydes is 1. The van der Waals surface area contributed by atoms with E-state index in [9.17, 15) is 90.4 Å². The third kappa shape index (κ3) is 18.7. The Labute approximate surface area is 567 Å². The Morgan fingerprint density at radius 2 is 1.31 bits per heavy atom. The first-order valence-corrected chi connectivity index (χ1v) is 31.8. The van der Waals surface area contributed by atoms with Gasteiger partial charge in [0, 0.05) is 32.1 Å². The molecule has 36 nitrogen and oxygen atoms in total. The molecular formula is C63H90N12O24. The maximum atomic E-state index is 15.0.